The molecule has 8 aromatic rings. The number of hydrogen-bond donors (Lipinski definition) is 0. The van der Waals surface area contributed by atoms with Crippen LogP contribution in [0.25, 0.3) is 66.6 Å². The second kappa shape index (κ2) is 11.3. The Balaban J connectivity index is 1.27. The molecule has 0 spiro atoms. The van der Waals surface area contributed by atoms with E-state index in [2.05, 4.69) is 66.7 Å². The number of rotatable bonds is 6. The summed E-state index contributed by atoms with van der Waals surface area (Å²) in [6.07, 6.45) is 0. The Labute approximate surface area is 267 Å². The minimum atomic E-state index is -3.95. The molecule has 0 fully saturated rings. The lowest BCUT2D eigenvalue weighted by atomic mass is 9.99. The van der Waals surface area contributed by atoms with E-state index in [1.807, 2.05) is 78.9 Å². The average molecular weight is 613 g/mol. The summed E-state index contributed by atoms with van der Waals surface area (Å²) >= 11 is 0. The summed E-state index contributed by atoms with van der Waals surface area (Å²) in [6.45, 7) is 0. The standard InChI is InChI=1S/C41H28N2O2S/c44-46(45,36-14-8-3-9-15-36)43-40-27-24-35(33-18-16-31(17-19-33)29-10-4-1-5-11-29)28-38(40)37-25-26-39(42-41(37)43)34-22-20-32(21-23-34)30-12-6-2-7-13-30/h1-28H. The number of pyridine rings is 1. The molecule has 4 nitrogen and oxygen atoms in total. The van der Waals surface area contributed by atoms with Crippen LogP contribution in [0.5, 0.6) is 0 Å². The van der Waals surface area contributed by atoms with E-state index in [1.165, 1.54) is 3.97 Å². The second-order valence-electron chi connectivity index (χ2n) is 11.3. The summed E-state index contributed by atoms with van der Waals surface area (Å²) in [6, 6.07) is 55.6. The molecule has 0 saturated carbocycles. The first-order valence-electron chi connectivity index (χ1n) is 15.1. The third-order valence-electron chi connectivity index (χ3n) is 8.47. The van der Waals surface area contributed by atoms with E-state index in [0.29, 0.717) is 16.9 Å². The molecule has 0 radical (unpaired) electrons. The number of hydrogen-bond acceptors (Lipinski definition) is 3. The van der Waals surface area contributed by atoms with Gasteiger partial charge in [-0.25, -0.2) is 17.4 Å². The molecular weight excluding hydrogens is 585 g/mol. The normalized spacial score (nSPS) is 11.7. The first-order chi connectivity index (χ1) is 22.6. The zero-order valence-corrected chi connectivity index (χ0v) is 25.6. The van der Waals surface area contributed by atoms with Crippen molar-refractivity contribution in [3.05, 3.63) is 170 Å². The fraction of sp³-hybridized carbons (Fsp3) is 0. The molecule has 0 bridgehead atoms. The smallest absolute Gasteiger partial charge is 0.229 e. The number of fused-ring (bicyclic) bond motifs is 3. The lowest BCUT2D eigenvalue weighted by molar-refractivity contribution is 0.590. The van der Waals surface area contributed by atoms with Crippen molar-refractivity contribution in [3.63, 3.8) is 0 Å². The third kappa shape index (κ3) is 4.87. The largest absolute Gasteiger partial charge is 0.269 e. The molecule has 0 amide bonds. The Hall–Kier alpha value is -5.78. The van der Waals surface area contributed by atoms with Gasteiger partial charge in [-0.15, -0.1) is 0 Å². The van der Waals surface area contributed by atoms with Crippen LogP contribution in [0.3, 0.4) is 0 Å². The van der Waals surface area contributed by atoms with Crippen LogP contribution in [0.4, 0.5) is 0 Å². The highest BCUT2D eigenvalue weighted by atomic mass is 32.2. The van der Waals surface area contributed by atoms with Gasteiger partial charge in [-0.2, -0.15) is 0 Å². The Morgan fingerprint density at radius 2 is 0.870 bits per heavy atom. The first-order valence-corrected chi connectivity index (χ1v) is 16.6. The number of nitrogens with zero attached hydrogens (tertiary/aromatic N) is 2. The number of aromatic nitrogens is 2. The fourth-order valence-electron chi connectivity index (χ4n) is 6.09. The highest BCUT2D eigenvalue weighted by Crippen LogP contribution is 2.36. The van der Waals surface area contributed by atoms with Gasteiger partial charge in [0.05, 0.1) is 16.1 Å². The van der Waals surface area contributed by atoms with Gasteiger partial charge in [0, 0.05) is 16.3 Å². The number of benzene rings is 6. The molecule has 5 heteroatoms. The fourth-order valence-corrected chi connectivity index (χ4v) is 7.58. The molecule has 0 atom stereocenters. The van der Waals surface area contributed by atoms with Gasteiger partial charge in [-0.3, -0.25) is 0 Å². The zero-order valence-electron chi connectivity index (χ0n) is 24.8. The van der Waals surface area contributed by atoms with Crippen molar-refractivity contribution < 1.29 is 8.42 Å². The van der Waals surface area contributed by atoms with Crippen molar-refractivity contribution in [2.24, 2.45) is 0 Å². The molecule has 8 rings (SSSR count). The van der Waals surface area contributed by atoms with Gasteiger partial charge in [-0.05, 0) is 69.8 Å². The lowest BCUT2D eigenvalue weighted by Gasteiger charge is -2.10. The Kier molecular flexibility index (Phi) is 6.81. The van der Waals surface area contributed by atoms with E-state index in [9.17, 15) is 8.42 Å². The van der Waals surface area contributed by atoms with Crippen LogP contribution < -0.4 is 0 Å². The van der Waals surface area contributed by atoms with E-state index in [1.54, 1.807) is 24.3 Å². The Morgan fingerprint density at radius 3 is 1.43 bits per heavy atom. The average Bonchev–Trinajstić information content (AvgIpc) is 3.47. The minimum Gasteiger partial charge on any atom is -0.229 e. The van der Waals surface area contributed by atoms with Crippen molar-refractivity contribution >= 4 is 32.0 Å². The molecule has 220 valence electrons. The lowest BCUT2D eigenvalue weighted by Crippen LogP contribution is -2.13. The maximum atomic E-state index is 14.2. The van der Waals surface area contributed by atoms with Gasteiger partial charge in [0.15, 0.2) is 5.65 Å². The van der Waals surface area contributed by atoms with Crippen molar-refractivity contribution in [2.75, 3.05) is 0 Å². The highest BCUT2D eigenvalue weighted by Gasteiger charge is 2.25. The molecule has 6 aromatic carbocycles. The summed E-state index contributed by atoms with van der Waals surface area (Å²) in [4.78, 5) is 5.22. The topological polar surface area (TPSA) is 52.0 Å². The summed E-state index contributed by atoms with van der Waals surface area (Å²) < 4.78 is 29.8. The van der Waals surface area contributed by atoms with Gasteiger partial charge >= 0.3 is 0 Å². The highest BCUT2D eigenvalue weighted by molar-refractivity contribution is 7.90. The summed E-state index contributed by atoms with van der Waals surface area (Å²) in [5, 5.41) is 1.61. The molecule has 0 N–H and O–H groups in total. The molecule has 46 heavy (non-hydrogen) atoms. The van der Waals surface area contributed by atoms with Crippen molar-refractivity contribution in [1.29, 1.82) is 0 Å². The Morgan fingerprint density at radius 1 is 0.413 bits per heavy atom. The van der Waals surface area contributed by atoms with Crippen LogP contribution in [-0.4, -0.2) is 17.4 Å². The molecule has 2 aromatic heterocycles. The third-order valence-corrected chi connectivity index (χ3v) is 10.2. The summed E-state index contributed by atoms with van der Waals surface area (Å²) in [5.41, 5.74) is 9.21. The molecule has 0 aliphatic rings. The summed E-state index contributed by atoms with van der Waals surface area (Å²) in [7, 11) is -3.95. The van der Waals surface area contributed by atoms with Crippen molar-refractivity contribution in [1.82, 2.24) is 8.96 Å². The molecule has 0 unspecified atom stereocenters. The van der Waals surface area contributed by atoms with Crippen LogP contribution in [0.15, 0.2) is 175 Å². The monoisotopic (exact) mass is 612 g/mol. The van der Waals surface area contributed by atoms with Gasteiger partial charge < -0.3 is 0 Å². The quantitative estimate of drug-likeness (QED) is 0.188. The van der Waals surface area contributed by atoms with Crippen LogP contribution in [0.2, 0.25) is 0 Å². The molecule has 0 aliphatic carbocycles. The summed E-state index contributed by atoms with van der Waals surface area (Å²) in [5.74, 6) is 0. The van der Waals surface area contributed by atoms with Crippen LogP contribution >= 0.6 is 0 Å². The minimum absolute atomic E-state index is 0.216. The van der Waals surface area contributed by atoms with Gasteiger partial charge in [0.25, 0.3) is 10.0 Å². The predicted octanol–water partition coefficient (Wildman–Crippen LogP) is 10.1. The zero-order chi connectivity index (χ0) is 31.1. The molecular formula is C41H28N2O2S. The van der Waals surface area contributed by atoms with Gasteiger partial charge in [0.2, 0.25) is 0 Å². The van der Waals surface area contributed by atoms with Crippen molar-refractivity contribution in [2.45, 2.75) is 4.90 Å². The van der Waals surface area contributed by atoms with Crippen LogP contribution in [0, 0.1) is 0 Å². The maximum absolute atomic E-state index is 14.2. The van der Waals surface area contributed by atoms with E-state index < -0.39 is 10.0 Å². The van der Waals surface area contributed by atoms with E-state index in [0.717, 1.165) is 49.7 Å². The predicted molar refractivity (Wildman–Crippen MR) is 188 cm³/mol. The van der Waals surface area contributed by atoms with Crippen molar-refractivity contribution in [3.8, 4) is 44.6 Å². The van der Waals surface area contributed by atoms with Crippen LogP contribution in [0.1, 0.15) is 0 Å². The maximum Gasteiger partial charge on any atom is 0.269 e. The first kappa shape index (κ1) is 27.7. The Bertz CT molecular complexity index is 2440. The molecule has 0 aliphatic heterocycles. The van der Waals surface area contributed by atoms with Gasteiger partial charge in [0.1, 0.15) is 0 Å². The van der Waals surface area contributed by atoms with E-state index >= 15 is 0 Å². The van der Waals surface area contributed by atoms with E-state index in [-0.39, 0.29) is 4.90 Å². The molecule has 0 saturated heterocycles. The second-order valence-corrected chi connectivity index (χ2v) is 13.1. The van der Waals surface area contributed by atoms with Gasteiger partial charge in [-0.1, -0.05) is 133 Å². The SMILES string of the molecule is O=S(=O)(c1ccccc1)n1c2ccc(-c3ccc(-c4ccccc4)cc3)cc2c2ccc(-c3ccc(-c4ccccc4)cc3)nc21. The molecule has 2 heterocycles. The van der Waals surface area contributed by atoms with Crippen LogP contribution in [-0.2, 0) is 10.0 Å². The van der Waals surface area contributed by atoms with E-state index in [4.69, 9.17) is 4.98 Å².